The summed E-state index contributed by atoms with van der Waals surface area (Å²) < 4.78 is 0.744. The van der Waals surface area contributed by atoms with Crippen molar-refractivity contribution < 1.29 is 4.79 Å². The molecule has 70 valence electrons. The van der Waals surface area contributed by atoms with E-state index in [1.54, 1.807) is 12.1 Å². The molecule has 13 heavy (non-hydrogen) atoms. The number of hydrogen-bond donors (Lipinski definition) is 0. The molecule has 0 aliphatic carbocycles. The van der Waals surface area contributed by atoms with E-state index in [2.05, 4.69) is 15.9 Å². The van der Waals surface area contributed by atoms with Gasteiger partial charge >= 0.3 is 0 Å². The number of benzene rings is 1. The van der Waals surface area contributed by atoms with Crippen LogP contribution in [0, 0.1) is 3.57 Å². The van der Waals surface area contributed by atoms with Gasteiger partial charge in [0.05, 0.1) is 10.4 Å². The number of alkyl halides is 1. The zero-order valence-corrected chi connectivity index (χ0v) is 11.5. The Kier molecular flexibility index (Phi) is 4.48. The first-order chi connectivity index (χ1) is 6.06. The van der Waals surface area contributed by atoms with Crippen LogP contribution in [0.1, 0.15) is 10.4 Å². The average Bonchev–Trinajstić information content (AvgIpc) is 2.10. The van der Waals surface area contributed by atoms with E-state index in [9.17, 15) is 4.79 Å². The SMILES string of the molecule is O=C(CBr)c1cc(Cl)cc(Cl)c1I. The quantitative estimate of drug-likeness (QED) is 0.319. The van der Waals surface area contributed by atoms with Crippen molar-refractivity contribution in [2.45, 2.75) is 0 Å². The van der Waals surface area contributed by atoms with Crippen LogP contribution in [0.5, 0.6) is 0 Å². The van der Waals surface area contributed by atoms with E-state index in [0.717, 1.165) is 3.57 Å². The molecule has 0 saturated carbocycles. The van der Waals surface area contributed by atoms with Crippen molar-refractivity contribution in [2.24, 2.45) is 0 Å². The molecule has 0 spiro atoms. The van der Waals surface area contributed by atoms with Crippen molar-refractivity contribution in [2.75, 3.05) is 5.33 Å². The maximum absolute atomic E-state index is 11.4. The molecule has 5 heteroatoms. The predicted octanol–water partition coefficient (Wildman–Crippen LogP) is 4.18. The fraction of sp³-hybridized carbons (Fsp3) is 0.125. The molecule has 0 radical (unpaired) electrons. The molecule has 0 heterocycles. The normalized spacial score (nSPS) is 10.2. The Morgan fingerprint density at radius 2 is 2.08 bits per heavy atom. The van der Waals surface area contributed by atoms with Crippen LogP contribution >= 0.6 is 61.7 Å². The van der Waals surface area contributed by atoms with E-state index >= 15 is 0 Å². The van der Waals surface area contributed by atoms with Gasteiger partial charge in [0.2, 0.25) is 0 Å². The summed E-state index contributed by atoms with van der Waals surface area (Å²) in [5.41, 5.74) is 0.565. The molecule has 0 aliphatic rings. The van der Waals surface area contributed by atoms with Gasteiger partial charge in [-0.15, -0.1) is 0 Å². The number of hydrogen-bond acceptors (Lipinski definition) is 1. The zero-order valence-electron chi connectivity index (χ0n) is 6.28. The third-order valence-corrected chi connectivity index (χ3v) is 3.92. The van der Waals surface area contributed by atoms with Gasteiger partial charge in [0, 0.05) is 14.2 Å². The van der Waals surface area contributed by atoms with Crippen LogP contribution in [0.15, 0.2) is 12.1 Å². The molecule has 1 aromatic rings. The molecule has 0 N–H and O–H groups in total. The minimum atomic E-state index is -0.0196. The van der Waals surface area contributed by atoms with Gasteiger partial charge in [0.1, 0.15) is 0 Å². The fourth-order valence-corrected chi connectivity index (χ4v) is 2.24. The summed E-state index contributed by atoms with van der Waals surface area (Å²) in [6.07, 6.45) is 0. The van der Waals surface area contributed by atoms with Crippen molar-refractivity contribution in [3.05, 3.63) is 31.3 Å². The number of ketones is 1. The highest BCUT2D eigenvalue weighted by atomic mass is 127. The molecule has 0 amide bonds. The lowest BCUT2D eigenvalue weighted by Gasteiger charge is -2.03. The van der Waals surface area contributed by atoms with E-state index in [-0.39, 0.29) is 11.1 Å². The Balaban J connectivity index is 3.28. The summed E-state index contributed by atoms with van der Waals surface area (Å²) >= 11 is 16.8. The van der Waals surface area contributed by atoms with Crippen LogP contribution in [0.2, 0.25) is 10.0 Å². The van der Waals surface area contributed by atoms with Crippen LogP contribution in [-0.4, -0.2) is 11.1 Å². The highest BCUT2D eigenvalue weighted by Gasteiger charge is 2.12. The van der Waals surface area contributed by atoms with Crippen molar-refractivity contribution >= 4 is 67.5 Å². The maximum Gasteiger partial charge on any atom is 0.174 e. The van der Waals surface area contributed by atoms with E-state index in [1.165, 1.54) is 0 Å². The second-order valence-electron chi connectivity index (χ2n) is 2.31. The van der Waals surface area contributed by atoms with E-state index in [0.29, 0.717) is 15.6 Å². The van der Waals surface area contributed by atoms with E-state index in [4.69, 9.17) is 23.2 Å². The molecule has 1 aromatic carbocycles. The molecule has 1 rings (SSSR count). The van der Waals surface area contributed by atoms with Gasteiger partial charge in [0.25, 0.3) is 0 Å². The lowest BCUT2D eigenvalue weighted by atomic mass is 10.1. The molecule has 0 saturated heterocycles. The molecule has 0 bridgehead atoms. The van der Waals surface area contributed by atoms with Crippen LogP contribution in [0.3, 0.4) is 0 Å². The lowest BCUT2D eigenvalue weighted by Crippen LogP contribution is -2.03. The number of halogens is 4. The third kappa shape index (κ3) is 2.81. The molecule has 0 aromatic heterocycles. The largest absolute Gasteiger partial charge is 0.293 e. The Morgan fingerprint density at radius 3 is 2.62 bits per heavy atom. The maximum atomic E-state index is 11.4. The highest BCUT2D eigenvalue weighted by Crippen LogP contribution is 2.27. The van der Waals surface area contributed by atoms with E-state index < -0.39 is 0 Å². The zero-order chi connectivity index (χ0) is 10.0. The summed E-state index contributed by atoms with van der Waals surface area (Å²) in [6, 6.07) is 3.24. The Morgan fingerprint density at radius 1 is 1.46 bits per heavy atom. The molecule has 0 unspecified atom stereocenters. The summed E-state index contributed by atoms with van der Waals surface area (Å²) in [6.45, 7) is 0. The van der Waals surface area contributed by atoms with Gasteiger partial charge < -0.3 is 0 Å². The summed E-state index contributed by atoms with van der Waals surface area (Å²) in [4.78, 5) is 11.4. The minimum absolute atomic E-state index is 0.0196. The Labute approximate surface area is 108 Å². The number of carbonyl (C=O) groups is 1. The first kappa shape index (κ1) is 11.8. The number of Topliss-reactive ketones (excluding diaryl/α,β-unsaturated/α-hetero) is 1. The summed E-state index contributed by atoms with van der Waals surface area (Å²) in [7, 11) is 0. The highest BCUT2D eigenvalue weighted by molar-refractivity contribution is 14.1. The molecular weight excluding hydrogens is 390 g/mol. The van der Waals surface area contributed by atoms with Crippen molar-refractivity contribution in [3.63, 3.8) is 0 Å². The second-order valence-corrected chi connectivity index (χ2v) is 4.79. The van der Waals surface area contributed by atoms with Gasteiger partial charge in [0.15, 0.2) is 5.78 Å². The second kappa shape index (κ2) is 4.96. The van der Waals surface area contributed by atoms with Gasteiger partial charge in [-0.3, -0.25) is 4.79 Å². The predicted molar refractivity (Wildman–Crippen MR) is 67.3 cm³/mol. The summed E-state index contributed by atoms with van der Waals surface area (Å²) in [5.74, 6) is -0.0196. The Bertz CT molecular complexity index is 354. The van der Waals surface area contributed by atoms with Gasteiger partial charge in [-0.05, 0) is 34.7 Å². The van der Waals surface area contributed by atoms with Crippen LogP contribution in [0.25, 0.3) is 0 Å². The van der Waals surface area contributed by atoms with Crippen LogP contribution in [-0.2, 0) is 0 Å². The van der Waals surface area contributed by atoms with Crippen LogP contribution < -0.4 is 0 Å². The molecule has 0 atom stereocenters. The van der Waals surface area contributed by atoms with Gasteiger partial charge in [-0.25, -0.2) is 0 Å². The number of carbonyl (C=O) groups excluding carboxylic acids is 1. The van der Waals surface area contributed by atoms with Crippen LogP contribution in [0.4, 0.5) is 0 Å². The minimum Gasteiger partial charge on any atom is -0.293 e. The molecule has 1 nitrogen and oxygen atoms in total. The monoisotopic (exact) mass is 392 g/mol. The first-order valence-electron chi connectivity index (χ1n) is 3.30. The first-order valence-corrected chi connectivity index (χ1v) is 6.25. The topological polar surface area (TPSA) is 17.1 Å². The van der Waals surface area contributed by atoms with Crippen molar-refractivity contribution in [3.8, 4) is 0 Å². The van der Waals surface area contributed by atoms with Crippen molar-refractivity contribution in [1.82, 2.24) is 0 Å². The summed E-state index contributed by atoms with van der Waals surface area (Å²) in [5, 5.41) is 1.27. The van der Waals surface area contributed by atoms with Gasteiger partial charge in [-0.1, -0.05) is 39.1 Å². The van der Waals surface area contributed by atoms with E-state index in [1.807, 2.05) is 22.6 Å². The van der Waals surface area contributed by atoms with Crippen molar-refractivity contribution in [1.29, 1.82) is 0 Å². The average molecular weight is 394 g/mol. The molecular formula is C8H4BrCl2IO. The standard InChI is InChI=1S/C8H4BrCl2IO/c9-3-7(13)5-1-4(10)2-6(11)8(5)12/h1-2H,3H2. The lowest BCUT2D eigenvalue weighted by molar-refractivity contribution is 0.102. The third-order valence-electron chi connectivity index (χ3n) is 1.41. The fourth-order valence-electron chi connectivity index (χ4n) is 0.831. The number of rotatable bonds is 2. The Hall–Kier alpha value is 0.680. The smallest absolute Gasteiger partial charge is 0.174 e. The van der Waals surface area contributed by atoms with Gasteiger partial charge in [-0.2, -0.15) is 0 Å². The molecule has 0 aliphatic heterocycles. The molecule has 0 fully saturated rings.